The van der Waals surface area contributed by atoms with Gasteiger partial charge in [-0.2, -0.15) is 0 Å². The van der Waals surface area contributed by atoms with Gasteiger partial charge >= 0.3 is 0 Å². The number of hydrogen-bond donors (Lipinski definition) is 1. The van der Waals surface area contributed by atoms with Crippen molar-refractivity contribution in [1.29, 1.82) is 0 Å². The van der Waals surface area contributed by atoms with Crippen molar-refractivity contribution in [1.82, 2.24) is 4.90 Å². The first-order valence-electron chi connectivity index (χ1n) is 5.03. The van der Waals surface area contributed by atoms with Crippen LogP contribution in [0.25, 0.3) is 0 Å². The van der Waals surface area contributed by atoms with Gasteiger partial charge in [0.1, 0.15) is 0 Å². The van der Waals surface area contributed by atoms with E-state index >= 15 is 0 Å². The number of carbonyl (C=O) groups excluding carboxylic acids is 1. The molecule has 1 amide bonds. The van der Waals surface area contributed by atoms with Gasteiger partial charge < -0.3 is 10.6 Å². The van der Waals surface area contributed by atoms with Gasteiger partial charge in [0, 0.05) is 19.5 Å². The third-order valence-corrected chi connectivity index (χ3v) is 3.71. The van der Waals surface area contributed by atoms with E-state index in [1.807, 2.05) is 25.3 Å². The minimum absolute atomic E-state index is 0.0338. The van der Waals surface area contributed by atoms with Crippen molar-refractivity contribution >= 4 is 34.5 Å². The molecule has 1 rings (SSSR count). The van der Waals surface area contributed by atoms with E-state index in [0.29, 0.717) is 11.4 Å². The fourth-order valence-electron chi connectivity index (χ4n) is 1.38. The number of amides is 1. The zero-order valence-electron chi connectivity index (χ0n) is 9.69. The number of rotatable bonds is 4. The lowest BCUT2D eigenvalue weighted by atomic mass is 10.2. The van der Waals surface area contributed by atoms with E-state index in [2.05, 4.69) is 0 Å². The van der Waals surface area contributed by atoms with Crippen LogP contribution in [0.2, 0.25) is 0 Å². The molecule has 0 bridgehead atoms. The first-order valence-corrected chi connectivity index (χ1v) is 6.31. The molecular formula is C11H16N2OS2. The first-order chi connectivity index (χ1) is 7.43. The molecule has 0 aliphatic heterocycles. The normalized spacial score (nSPS) is 12.2. The van der Waals surface area contributed by atoms with Crippen molar-refractivity contribution in [2.45, 2.75) is 26.3 Å². The number of nitrogens with zero attached hydrogens (tertiary/aromatic N) is 1. The Balaban J connectivity index is 2.75. The molecule has 0 aliphatic carbocycles. The summed E-state index contributed by atoms with van der Waals surface area (Å²) in [5.41, 5.74) is 6.49. The van der Waals surface area contributed by atoms with Crippen LogP contribution in [-0.2, 0) is 0 Å². The van der Waals surface area contributed by atoms with Gasteiger partial charge in [-0.25, -0.2) is 0 Å². The summed E-state index contributed by atoms with van der Waals surface area (Å²) in [4.78, 5) is 15.0. The van der Waals surface area contributed by atoms with Crippen LogP contribution in [0.3, 0.4) is 0 Å². The van der Waals surface area contributed by atoms with Crippen LogP contribution < -0.4 is 5.73 Å². The summed E-state index contributed by atoms with van der Waals surface area (Å²) < 4.78 is 0. The molecule has 1 aromatic heterocycles. The number of carbonyl (C=O) groups is 1. The summed E-state index contributed by atoms with van der Waals surface area (Å²) in [5, 5.41) is 1.93. The summed E-state index contributed by atoms with van der Waals surface area (Å²) >= 11 is 6.31. The average molecular weight is 256 g/mol. The molecular weight excluding hydrogens is 240 g/mol. The Morgan fingerprint density at radius 1 is 1.69 bits per heavy atom. The zero-order valence-corrected chi connectivity index (χ0v) is 11.3. The third-order valence-electron chi connectivity index (χ3n) is 2.53. The van der Waals surface area contributed by atoms with Gasteiger partial charge in [0.15, 0.2) is 0 Å². The van der Waals surface area contributed by atoms with Crippen molar-refractivity contribution < 1.29 is 4.79 Å². The Bertz CT molecular complexity index is 400. The largest absolute Gasteiger partial charge is 0.393 e. The van der Waals surface area contributed by atoms with Crippen LogP contribution in [-0.4, -0.2) is 28.9 Å². The maximum Gasteiger partial charge on any atom is 0.264 e. The molecule has 0 fully saturated rings. The molecule has 1 aromatic rings. The average Bonchev–Trinajstić information content (AvgIpc) is 2.61. The minimum Gasteiger partial charge on any atom is -0.393 e. The van der Waals surface area contributed by atoms with Crippen LogP contribution in [0.4, 0.5) is 0 Å². The van der Waals surface area contributed by atoms with Crippen molar-refractivity contribution in [3.8, 4) is 0 Å². The van der Waals surface area contributed by atoms with E-state index < -0.39 is 0 Å². The zero-order chi connectivity index (χ0) is 12.3. The minimum atomic E-state index is 0.0338. The number of nitrogens with two attached hydrogens (primary N) is 1. The molecule has 1 heterocycles. The summed E-state index contributed by atoms with van der Waals surface area (Å²) in [6, 6.07) is 1.98. The molecule has 0 aliphatic rings. The maximum absolute atomic E-state index is 12.1. The molecule has 0 saturated heterocycles. The second-order valence-corrected chi connectivity index (χ2v) is 5.31. The van der Waals surface area contributed by atoms with Crippen molar-refractivity contribution in [3.63, 3.8) is 0 Å². The van der Waals surface area contributed by atoms with Gasteiger partial charge in [0.25, 0.3) is 5.91 Å². The lowest BCUT2D eigenvalue weighted by Crippen LogP contribution is -2.37. The lowest BCUT2D eigenvalue weighted by molar-refractivity contribution is 0.0752. The molecule has 0 saturated carbocycles. The van der Waals surface area contributed by atoms with Crippen LogP contribution in [0.5, 0.6) is 0 Å². The van der Waals surface area contributed by atoms with Crippen LogP contribution in [0.1, 0.15) is 28.6 Å². The van der Waals surface area contributed by atoms with E-state index in [-0.39, 0.29) is 11.9 Å². The Morgan fingerprint density at radius 3 is 2.75 bits per heavy atom. The smallest absolute Gasteiger partial charge is 0.264 e. The monoisotopic (exact) mass is 256 g/mol. The van der Waals surface area contributed by atoms with E-state index in [0.717, 1.165) is 10.4 Å². The van der Waals surface area contributed by atoms with Gasteiger partial charge in [-0.1, -0.05) is 12.2 Å². The standard InChI is InChI=1S/C11H16N2OS2/c1-7-4-5-16-10(7)11(14)13(3)8(2)6-9(12)15/h4-5,8H,6H2,1-3H3,(H2,12,15). The van der Waals surface area contributed by atoms with E-state index in [1.165, 1.54) is 11.3 Å². The number of aryl methyl sites for hydroxylation is 1. The third kappa shape index (κ3) is 3.02. The van der Waals surface area contributed by atoms with Crippen molar-refractivity contribution in [3.05, 3.63) is 21.9 Å². The van der Waals surface area contributed by atoms with E-state index in [4.69, 9.17) is 18.0 Å². The molecule has 2 N–H and O–H groups in total. The topological polar surface area (TPSA) is 46.3 Å². The summed E-state index contributed by atoms with van der Waals surface area (Å²) in [6.45, 7) is 3.88. The number of hydrogen-bond acceptors (Lipinski definition) is 3. The van der Waals surface area contributed by atoms with Gasteiger partial charge in [0.2, 0.25) is 0 Å². The summed E-state index contributed by atoms with van der Waals surface area (Å²) in [7, 11) is 1.78. The highest BCUT2D eigenvalue weighted by atomic mass is 32.1. The fourth-order valence-corrected chi connectivity index (χ4v) is 2.53. The molecule has 1 unspecified atom stereocenters. The molecule has 5 heteroatoms. The molecule has 3 nitrogen and oxygen atoms in total. The molecule has 16 heavy (non-hydrogen) atoms. The highest BCUT2D eigenvalue weighted by Gasteiger charge is 2.20. The van der Waals surface area contributed by atoms with Crippen molar-refractivity contribution in [2.24, 2.45) is 5.73 Å². The van der Waals surface area contributed by atoms with Gasteiger partial charge in [-0.15, -0.1) is 11.3 Å². The lowest BCUT2D eigenvalue weighted by Gasteiger charge is -2.24. The van der Waals surface area contributed by atoms with E-state index in [1.54, 1.807) is 11.9 Å². The summed E-state index contributed by atoms with van der Waals surface area (Å²) in [6.07, 6.45) is 0.558. The summed E-state index contributed by atoms with van der Waals surface area (Å²) in [5.74, 6) is 0.0382. The molecule has 0 aromatic carbocycles. The van der Waals surface area contributed by atoms with Gasteiger partial charge in [0.05, 0.1) is 9.87 Å². The number of thiocarbonyl (C=S) groups is 1. The highest BCUT2D eigenvalue weighted by Crippen LogP contribution is 2.18. The Hall–Kier alpha value is -0.940. The van der Waals surface area contributed by atoms with Crippen molar-refractivity contribution in [2.75, 3.05) is 7.05 Å². The van der Waals surface area contributed by atoms with Crippen LogP contribution in [0, 0.1) is 6.92 Å². The Morgan fingerprint density at radius 2 is 2.31 bits per heavy atom. The van der Waals surface area contributed by atoms with Crippen LogP contribution >= 0.6 is 23.6 Å². The quantitative estimate of drug-likeness (QED) is 0.840. The second-order valence-electron chi connectivity index (χ2n) is 3.87. The molecule has 0 spiro atoms. The highest BCUT2D eigenvalue weighted by molar-refractivity contribution is 7.80. The molecule has 0 radical (unpaired) electrons. The Kier molecular flexibility index (Phi) is 4.44. The van der Waals surface area contributed by atoms with Gasteiger partial charge in [-0.3, -0.25) is 4.79 Å². The Labute approximate surface area is 105 Å². The SMILES string of the molecule is Cc1ccsc1C(=O)N(C)C(C)CC(N)=S. The van der Waals surface area contributed by atoms with Crippen LogP contribution in [0.15, 0.2) is 11.4 Å². The predicted molar refractivity (Wildman–Crippen MR) is 72.0 cm³/mol. The first kappa shape index (κ1) is 13.1. The number of thiophene rings is 1. The molecule has 1 atom stereocenters. The predicted octanol–water partition coefficient (Wildman–Crippen LogP) is 2.19. The fraction of sp³-hybridized carbons (Fsp3) is 0.455. The van der Waals surface area contributed by atoms with Gasteiger partial charge in [-0.05, 0) is 30.9 Å². The maximum atomic E-state index is 12.1. The molecule has 88 valence electrons. The van der Waals surface area contributed by atoms with E-state index in [9.17, 15) is 4.79 Å². The second kappa shape index (κ2) is 5.41.